The molecule has 0 bridgehead atoms. The van der Waals surface area contributed by atoms with E-state index in [-0.39, 0.29) is 29.1 Å². The predicted molar refractivity (Wildman–Crippen MR) is 113 cm³/mol. The highest BCUT2D eigenvalue weighted by Crippen LogP contribution is 2.40. The van der Waals surface area contributed by atoms with Crippen LogP contribution in [0.15, 0.2) is 54.1 Å². The summed E-state index contributed by atoms with van der Waals surface area (Å²) in [5, 5.41) is 31.7. The minimum absolute atomic E-state index is 0.0354. The molecule has 0 saturated carbocycles. The molecule has 0 radical (unpaired) electrons. The van der Waals surface area contributed by atoms with E-state index >= 15 is 0 Å². The molecule has 9 heteroatoms. The smallest absolute Gasteiger partial charge is 0.295 e. The highest BCUT2D eigenvalue weighted by atomic mass is 16.6. The number of carbonyl (C=O) groups is 2. The number of rotatable bonds is 7. The Bertz CT molecular complexity index is 1050. The second-order valence-corrected chi connectivity index (χ2v) is 7.55. The molecule has 1 saturated heterocycles. The maximum absolute atomic E-state index is 12.9. The van der Waals surface area contributed by atoms with E-state index in [1.807, 2.05) is 19.0 Å². The molecule has 31 heavy (non-hydrogen) atoms. The number of phenols is 1. The first-order valence-electron chi connectivity index (χ1n) is 9.67. The van der Waals surface area contributed by atoms with Gasteiger partial charge in [-0.1, -0.05) is 12.1 Å². The quantitative estimate of drug-likeness (QED) is 0.230. The third-order valence-corrected chi connectivity index (χ3v) is 5.08. The van der Waals surface area contributed by atoms with Crippen molar-refractivity contribution in [3.63, 3.8) is 0 Å². The average Bonchev–Trinajstić information content (AvgIpc) is 2.98. The Balaban J connectivity index is 2.08. The summed E-state index contributed by atoms with van der Waals surface area (Å²) in [5.74, 6) is -2.03. The van der Waals surface area contributed by atoms with E-state index in [4.69, 9.17) is 0 Å². The van der Waals surface area contributed by atoms with Crippen LogP contribution in [0.1, 0.15) is 23.6 Å². The molecule has 2 aromatic rings. The van der Waals surface area contributed by atoms with Crippen LogP contribution in [0.2, 0.25) is 0 Å². The third-order valence-electron chi connectivity index (χ3n) is 5.08. The molecule has 2 aromatic carbocycles. The number of nitro benzene ring substituents is 1. The predicted octanol–water partition coefficient (Wildman–Crippen LogP) is 2.67. The fourth-order valence-electron chi connectivity index (χ4n) is 3.61. The van der Waals surface area contributed by atoms with Crippen LogP contribution in [0, 0.1) is 10.1 Å². The summed E-state index contributed by atoms with van der Waals surface area (Å²) >= 11 is 0. The topological polar surface area (TPSA) is 124 Å². The molecule has 1 aliphatic rings. The number of hydrogen-bond donors (Lipinski definition) is 2. The summed E-state index contributed by atoms with van der Waals surface area (Å²) in [7, 11) is 3.80. The first-order valence-corrected chi connectivity index (χ1v) is 9.67. The number of carbonyl (C=O) groups excluding carboxylic acids is 2. The van der Waals surface area contributed by atoms with Crippen molar-refractivity contribution >= 4 is 23.1 Å². The van der Waals surface area contributed by atoms with Gasteiger partial charge in [0.25, 0.3) is 17.4 Å². The molecule has 1 atom stereocenters. The van der Waals surface area contributed by atoms with E-state index in [9.17, 15) is 29.9 Å². The summed E-state index contributed by atoms with van der Waals surface area (Å²) < 4.78 is 0. The Labute approximate surface area is 179 Å². The van der Waals surface area contributed by atoms with E-state index < -0.39 is 28.4 Å². The van der Waals surface area contributed by atoms with Crippen LogP contribution in [0.5, 0.6) is 5.75 Å². The van der Waals surface area contributed by atoms with Gasteiger partial charge in [0.05, 0.1) is 16.5 Å². The maximum atomic E-state index is 12.9. The molecular weight excluding hydrogens is 402 g/mol. The van der Waals surface area contributed by atoms with E-state index in [0.29, 0.717) is 18.5 Å². The van der Waals surface area contributed by atoms with E-state index in [1.54, 1.807) is 12.1 Å². The van der Waals surface area contributed by atoms with E-state index in [0.717, 1.165) is 0 Å². The lowest BCUT2D eigenvalue weighted by Gasteiger charge is -2.26. The van der Waals surface area contributed by atoms with Gasteiger partial charge in [0, 0.05) is 24.2 Å². The van der Waals surface area contributed by atoms with E-state index in [1.165, 1.54) is 41.3 Å². The molecule has 1 unspecified atom stereocenters. The van der Waals surface area contributed by atoms with Crippen molar-refractivity contribution in [2.24, 2.45) is 0 Å². The summed E-state index contributed by atoms with van der Waals surface area (Å²) in [6.45, 7) is 0.970. The molecule has 0 aromatic heterocycles. The number of likely N-dealkylation sites (tertiary alicyclic amines) is 1. The first kappa shape index (κ1) is 22.0. The van der Waals surface area contributed by atoms with Crippen LogP contribution >= 0.6 is 0 Å². The standard InChI is InChI=1S/C22H23N3O6/c1-23(2)11-4-12-24-19(15-5-3-6-17(26)13-15)18(21(28)22(24)29)20(27)14-7-9-16(10-8-14)25(30)31/h3,5-10,13,19,26-27H,4,11-12H2,1-2H3/b20-18-. The summed E-state index contributed by atoms with van der Waals surface area (Å²) in [4.78, 5) is 39.4. The second-order valence-electron chi connectivity index (χ2n) is 7.55. The zero-order valence-electron chi connectivity index (χ0n) is 17.2. The largest absolute Gasteiger partial charge is 0.508 e. The lowest BCUT2D eigenvalue weighted by molar-refractivity contribution is -0.384. The molecule has 1 heterocycles. The van der Waals surface area contributed by atoms with Gasteiger partial charge in [-0.2, -0.15) is 0 Å². The zero-order valence-corrected chi connectivity index (χ0v) is 17.2. The van der Waals surface area contributed by atoms with Gasteiger partial charge in [-0.05, 0) is 56.9 Å². The van der Waals surface area contributed by atoms with Gasteiger partial charge in [-0.3, -0.25) is 19.7 Å². The Kier molecular flexibility index (Phi) is 6.36. The number of non-ortho nitro benzene ring substituents is 1. The summed E-state index contributed by atoms with van der Waals surface area (Å²) in [6, 6.07) is 10.4. The van der Waals surface area contributed by atoms with Gasteiger partial charge >= 0.3 is 0 Å². The minimum atomic E-state index is -0.885. The molecule has 0 aliphatic carbocycles. The number of ketones is 1. The Hall–Kier alpha value is -3.72. The van der Waals surface area contributed by atoms with E-state index in [2.05, 4.69) is 0 Å². The zero-order chi connectivity index (χ0) is 22.7. The number of phenolic OH excluding ortho intramolecular Hbond substituents is 1. The van der Waals surface area contributed by atoms with Crippen molar-refractivity contribution in [3.8, 4) is 5.75 Å². The second kappa shape index (κ2) is 8.97. The SMILES string of the molecule is CN(C)CCCN1C(=O)C(=O)/C(=C(\O)c2ccc([N+](=O)[O-])cc2)C1c1cccc(O)c1. The minimum Gasteiger partial charge on any atom is -0.508 e. The number of amides is 1. The molecule has 0 spiro atoms. The fraction of sp³-hybridized carbons (Fsp3) is 0.273. The molecule has 162 valence electrons. The Morgan fingerprint density at radius 2 is 1.84 bits per heavy atom. The molecular formula is C22H23N3O6. The van der Waals surface area contributed by atoms with Gasteiger partial charge in [0.15, 0.2) is 0 Å². The van der Waals surface area contributed by atoms with Gasteiger partial charge in [-0.25, -0.2) is 0 Å². The third kappa shape index (κ3) is 4.56. The van der Waals surface area contributed by atoms with Crippen molar-refractivity contribution in [3.05, 3.63) is 75.3 Å². The highest BCUT2D eigenvalue weighted by Gasteiger charge is 2.45. The molecule has 2 N–H and O–H groups in total. The van der Waals surface area contributed by atoms with Crippen molar-refractivity contribution in [1.29, 1.82) is 0 Å². The summed E-state index contributed by atoms with van der Waals surface area (Å²) in [5.41, 5.74) is 0.383. The molecule has 1 fully saturated rings. The number of aromatic hydroxyl groups is 1. The molecule has 1 amide bonds. The highest BCUT2D eigenvalue weighted by molar-refractivity contribution is 6.46. The Morgan fingerprint density at radius 3 is 2.42 bits per heavy atom. The number of nitrogens with zero attached hydrogens (tertiary/aromatic N) is 3. The van der Waals surface area contributed by atoms with Crippen LogP contribution in [0.25, 0.3) is 5.76 Å². The van der Waals surface area contributed by atoms with Gasteiger partial charge < -0.3 is 20.0 Å². The molecule has 9 nitrogen and oxygen atoms in total. The van der Waals surface area contributed by atoms with Gasteiger partial charge in [0.1, 0.15) is 11.5 Å². The monoisotopic (exact) mass is 425 g/mol. The fourth-order valence-corrected chi connectivity index (χ4v) is 3.61. The lowest BCUT2D eigenvalue weighted by Crippen LogP contribution is -2.32. The van der Waals surface area contributed by atoms with Crippen LogP contribution in [-0.4, -0.2) is 63.8 Å². The van der Waals surface area contributed by atoms with Crippen molar-refractivity contribution in [2.75, 3.05) is 27.2 Å². The van der Waals surface area contributed by atoms with Crippen LogP contribution in [0.3, 0.4) is 0 Å². The average molecular weight is 425 g/mol. The van der Waals surface area contributed by atoms with Crippen molar-refractivity contribution in [1.82, 2.24) is 9.80 Å². The van der Waals surface area contributed by atoms with Crippen LogP contribution in [0.4, 0.5) is 5.69 Å². The van der Waals surface area contributed by atoms with Gasteiger partial charge in [-0.15, -0.1) is 0 Å². The molecule has 3 rings (SSSR count). The lowest BCUT2D eigenvalue weighted by atomic mass is 9.95. The first-order chi connectivity index (χ1) is 14.7. The van der Waals surface area contributed by atoms with Crippen LogP contribution in [-0.2, 0) is 9.59 Å². The normalized spacial score (nSPS) is 18.0. The van der Waals surface area contributed by atoms with Crippen molar-refractivity contribution < 1.29 is 24.7 Å². The maximum Gasteiger partial charge on any atom is 0.295 e. The number of benzene rings is 2. The number of nitro groups is 1. The number of aliphatic hydroxyl groups excluding tert-OH is 1. The number of Topliss-reactive ketones (excluding diaryl/α,β-unsaturated/α-hetero) is 1. The Morgan fingerprint density at radius 1 is 1.16 bits per heavy atom. The van der Waals surface area contributed by atoms with Crippen LogP contribution < -0.4 is 0 Å². The van der Waals surface area contributed by atoms with Gasteiger partial charge in [0.2, 0.25) is 0 Å². The summed E-state index contributed by atoms with van der Waals surface area (Å²) in [6.07, 6.45) is 0.604. The number of aliphatic hydroxyl groups is 1. The van der Waals surface area contributed by atoms with Crippen molar-refractivity contribution in [2.45, 2.75) is 12.5 Å². The number of hydrogen-bond acceptors (Lipinski definition) is 7. The molecule has 1 aliphatic heterocycles.